The maximum absolute atomic E-state index is 12.2. The Kier molecular flexibility index (Phi) is 3.45. The maximum atomic E-state index is 12.2. The van der Waals surface area contributed by atoms with Gasteiger partial charge in [0, 0.05) is 12.6 Å². The number of likely N-dealkylation sites (tertiary alicyclic amines) is 1. The fourth-order valence-electron chi connectivity index (χ4n) is 2.20. The van der Waals surface area contributed by atoms with E-state index in [9.17, 15) is 9.59 Å². The standard InChI is InChI=1S/C12H15N3O3/c13-8-3-4-10(14-7-8)12(18)15-5-1-2-9(15)6-11(16)17/h3-4,7,9H,1-2,5-6,13H2,(H,16,17). The monoisotopic (exact) mass is 249 g/mol. The van der Waals surface area contributed by atoms with Gasteiger partial charge in [0.15, 0.2) is 0 Å². The second-order valence-corrected chi connectivity index (χ2v) is 4.37. The minimum atomic E-state index is -0.884. The molecular weight excluding hydrogens is 234 g/mol. The summed E-state index contributed by atoms with van der Waals surface area (Å²) in [7, 11) is 0. The van der Waals surface area contributed by atoms with E-state index in [0.717, 1.165) is 12.8 Å². The molecule has 2 heterocycles. The number of rotatable bonds is 3. The largest absolute Gasteiger partial charge is 0.481 e. The number of carbonyl (C=O) groups excluding carboxylic acids is 1. The summed E-state index contributed by atoms with van der Waals surface area (Å²) in [6.07, 6.45) is 2.97. The molecular formula is C12H15N3O3. The van der Waals surface area contributed by atoms with Crippen LogP contribution in [0.2, 0.25) is 0 Å². The lowest BCUT2D eigenvalue weighted by molar-refractivity contribution is -0.137. The van der Waals surface area contributed by atoms with Crippen LogP contribution >= 0.6 is 0 Å². The van der Waals surface area contributed by atoms with Gasteiger partial charge in [-0.1, -0.05) is 0 Å². The Balaban J connectivity index is 2.12. The van der Waals surface area contributed by atoms with E-state index in [0.29, 0.717) is 17.9 Å². The molecule has 2 rings (SSSR count). The van der Waals surface area contributed by atoms with Gasteiger partial charge in [-0.25, -0.2) is 4.98 Å². The van der Waals surface area contributed by atoms with Gasteiger partial charge in [-0.05, 0) is 25.0 Å². The van der Waals surface area contributed by atoms with E-state index < -0.39 is 5.97 Å². The number of pyridine rings is 1. The first-order chi connectivity index (χ1) is 8.58. The van der Waals surface area contributed by atoms with E-state index in [-0.39, 0.29) is 18.4 Å². The minimum absolute atomic E-state index is 0.0132. The number of nitrogens with two attached hydrogens (primary N) is 1. The van der Waals surface area contributed by atoms with Crippen LogP contribution in [0.5, 0.6) is 0 Å². The molecule has 0 spiro atoms. The number of hydrogen-bond donors (Lipinski definition) is 2. The van der Waals surface area contributed by atoms with Crippen LogP contribution in [0.25, 0.3) is 0 Å². The Morgan fingerprint density at radius 2 is 2.28 bits per heavy atom. The Morgan fingerprint density at radius 3 is 2.89 bits per heavy atom. The molecule has 1 aliphatic heterocycles. The van der Waals surface area contributed by atoms with Gasteiger partial charge in [-0.15, -0.1) is 0 Å². The van der Waals surface area contributed by atoms with Crippen molar-refractivity contribution >= 4 is 17.6 Å². The van der Waals surface area contributed by atoms with Crippen molar-refractivity contribution in [2.45, 2.75) is 25.3 Å². The molecule has 0 aliphatic carbocycles. The first-order valence-corrected chi connectivity index (χ1v) is 5.82. The summed E-state index contributed by atoms with van der Waals surface area (Å²) in [5.74, 6) is -1.11. The van der Waals surface area contributed by atoms with E-state index in [1.54, 1.807) is 17.0 Å². The fraction of sp³-hybridized carbons (Fsp3) is 0.417. The summed E-state index contributed by atoms with van der Waals surface area (Å²) in [6.45, 7) is 0.586. The summed E-state index contributed by atoms with van der Waals surface area (Å²) in [6, 6.07) is 2.95. The molecule has 0 radical (unpaired) electrons. The van der Waals surface area contributed by atoms with E-state index in [1.807, 2.05) is 0 Å². The zero-order valence-electron chi connectivity index (χ0n) is 9.87. The molecule has 1 aromatic rings. The van der Waals surface area contributed by atoms with Crippen molar-refractivity contribution < 1.29 is 14.7 Å². The van der Waals surface area contributed by atoms with Crippen molar-refractivity contribution in [1.82, 2.24) is 9.88 Å². The number of anilines is 1. The van der Waals surface area contributed by atoms with Crippen LogP contribution in [-0.4, -0.2) is 39.5 Å². The SMILES string of the molecule is Nc1ccc(C(=O)N2CCCC2CC(=O)O)nc1. The van der Waals surface area contributed by atoms with Gasteiger partial charge in [-0.2, -0.15) is 0 Å². The van der Waals surface area contributed by atoms with Gasteiger partial charge in [-0.3, -0.25) is 9.59 Å². The maximum Gasteiger partial charge on any atom is 0.305 e. The summed E-state index contributed by atoms with van der Waals surface area (Å²) >= 11 is 0. The van der Waals surface area contributed by atoms with Gasteiger partial charge >= 0.3 is 5.97 Å². The number of carbonyl (C=O) groups is 2. The van der Waals surface area contributed by atoms with Crippen molar-refractivity contribution in [3.05, 3.63) is 24.0 Å². The Labute approximate surface area is 104 Å². The number of carboxylic acids is 1. The molecule has 0 bridgehead atoms. The zero-order chi connectivity index (χ0) is 13.1. The van der Waals surface area contributed by atoms with Crippen LogP contribution in [-0.2, 0) is 4.79 Å². The predicted octanol–water partition coefficient (Wildman–Crippen LogP) is 0.743. The lowest BCUT2D eigenvalue weighted by Gasteiger charge is -2.23. The number of hydrogen-bond acceptors (Lipinski definition) is 4. The highest BCUT2D eigenvalue weighted by molar-refractivity contribution is 5.93. The molecule has 18 heavy (non-hydrogen) atoms. The topological polar surface area (TPSA) is 96.5 Å². The molecule has 6 heteroatoms. The molecule has 1 aromatic heterocycles. The van der Waals surface area contributed by atoms with Crippen LogP contribution in [0.1, 0.15) is 29.8 Å². The Hall–Kier alpha value is -2.11. The molecule has 96 valence electrons. The van der Waals surface area contributed by atoms with Crippen LogP contribution in [0.3, 0.4) is 0 Å². The molecule has 1 aliphatic rings. The van der Waals surface area contributed by atoms with Gasteiger partial charge < -0.3 is 15.7 Å². The first kappa shape index (κ1) is 12.3. The van der Waals surface area contributed by atoms with E-state index in [1.165, 1.54) is 6.20 Å². The molecule has 1 unspecified atom stereocenters. The molecule has 0 aromatic carbocycles. The van der Waals surface area contributed by atoms with Crippen LogP contribution < -0.4 is 5.73 Å². The van der Waals surface area contributed by atoms with Crippen LogP contribution in [0.4, 0.5) is 5.69 Å². The average molecular weight is 249 g/mol. The minimum Gasteiger partial charge on any atom is -0.481 e. The summed E-state index contributed by atoms with van der Waals surface area (Å²) in [4.78, 5) is 28.5. The summed E-state index contributed by atoms with van der Waals surface area (Å²) in [5, 5.41) is 8.81. The summed E-state index contributed by atoms with van der Waals surface area (Å²) < 4.78 is 0. The lowest BCUT2D eigenvalue weighted by atomic mass is 10.1. The van der Waals surface area contributed by atoms with Crippen molar-refractivity contribution in [3.63, 3.8) is 0 Å². The quantitative estimate of drug-likeness (QED) is 0.823. The third-order valence-electron chi connectivity index (χ3n) is 3.05. The Morgan fingerprint density at radius 1 is 1.50 bits per heavy atom. The van der Waals surface area contributed by atoms with Crippen LogP contribution in [0.15, 0.2) is 18.3 Å². The summed E-state index contributed by atoms with van der Waals surface area (Å²) in [5.41, 5.74) is 6.31. The van der Waals surface area contributed by atoms with Crippen LogP contribution in [0, 0.1) is 0 Å². The van der Waals surface area contributed by atoms with Gasteiger partial charge in [0.1, 0.15) is 5.69 Å². The third kappa shape index (κ3) is 2.58. The predicted molar refractivity (Wildman–Crippen MR) is 65.0 cm³/mol. The average Bonchev–Trinajstić information content (AvgIpc) is 2.76. The van der Waals surface area contributed by atoms with E-state index in [2.05, 4.69) is 4.98 Å². The second-order valence-electron chi connectivity index (χ2n) is 4.37. The van der Waals surface area contributed by atoms with E-state index in [4.69, 9.17) is 10.8 Å². The molecule has 1 fully saturated rings. The van der Waals surface area contributed by atoms with Gasteiger partial charge in [0.05, 0.1) is 18.3 Å². The molecule has 0 saturated carbocycles. The number of aliphatic carboxylic acids is 1. The Bertz CT molecular complexity index is 458. The fourth-order valence-corrected chi connectivity index (χ4v) is 2.20. The number of carboxylic acid groups (broad SMARTS) is 1. The third-order valence-corrected chi connectivity index (χ3v) is 3.05. The molecule has 1 amide bonds. The van der Waals surface area contributed by atoms with Gasteiger partial charge in [0.2, 0.25) is 0 Å². The smallest absolute Gasteiger partial charge is 0.305 e. The number of amides is 1. The lowest BCUT2D eigenvalue weighted by Crippen LogP contribution is -2.37. The number of nitrogen functional groups attached to an aromatic ring is 1. The zero-order valence-corrected chi connectivity index (χ0v) is 9.87. The molecule has 1 atom stereocenters. The van der Waals surface area contributed by atoms with Crippen molar-refractivity contribution in [2.75, 3.05) is 12.3 Å². The first-order valence-electron chi connectivity index (χ1n) is 5.82. The van der Waals surface area contributed by atoms with Gasteiger partial charge in [0.25, 0.3) is 5.91 Å². The van der Waals surface area contributed by atoms with Crippen molar-refractivity contribution in [3.8, 4) is 0 Å². The number of nitrogens with zero attached hydrogens (tertiary/aromatic N) is 2. The molecule has 1 saturated heterocycles. The van der Waals surface area contributed by atoms with E-state index >= 15 is 0 Å². The second kappa shape index (κ2) is 5.03. The number of aromatic nitrogens is 1. The van der Waals surface area contributed by atoms with Crippen molar-refractivity contribution in [1.29, 1.82) is 0 Å². The highest BCUT2D eigenvalue weighted by atomic mass is 16.4. The van der Waals surface area contributed by atoms with Crippen molar-refractivity contribution in [2.24, 2.45) is 0 Å². The normalized spacial score (nSPS) is 18.9. The molecule has 6 nitrogen and oxygen atoms in total. The molecule has 3 N–H and O–H groups in total. The highest BCUT2D eigenvalue weighted by Gasteiger charge is 2.31. The highest BCUT2D eigenvalue weighted by Crippen LogP contribution is 2.22.